The molecule has 1 aliphatic rings. The van der Waals surface area contributed by atoms with Crippen molar-refractivity contribution in [2.75, 3.05) is 12.3 Å². The second kappa shape index (κ2) is 7.29. The van der Waals surface area contributed by atoms with Gasteiger partial charge in [-0.1, -0.05) is 55.3 Å². The van der Waals surface area contributed by atoms with E-state index in [4.69, 9.17) is 5.73 Å². The van der Waals surface area contributed by atoms with Crippen molar-refractivity contribution in [1.29, 1.82) is 0 Å². The molecule has 0 atom stereocenters. The lowest BCUT2D eigenvalue weighted by molar-refractivity contribution is 0.141. The van der Waals surface area contributed by atoms with Crippen LogP contribution in [0.5, 0.6) is 0 Å². The Bertz CT molecular complexity index is 1210. The number of aliphatic hydroxyl groups is 1. The molecule has 3 N–H and O–H groups in total. The Morgan fingerprint density at radius 2 is 1.67 bits per heavy atom. The van der Waals surface area contributed by atoms with E-state index in [-0.39, 0.29) is 18.0 Å². The fourth-order valence-corrected chi connectivity index (χ4v) is 4.93. The summed E-state index contributed by atoms with van der Waals surface area (Å²) in [5.74, 6) is -0.267. The van der Waals surface area contributed by atoms with Crippen molar-refractivity contribution < 1.29 is 9.50 Å². The molecule has 0 amide bonds. The van der Waals surface area contributed by atoms with Crippen LogP contribution in [0.4, 0.5) is 10.1 Å². The van der Waals surface area contributed by atoms with Gasteiger partial charge < -0.3 is 15.4 Å². The zero-order chi connectivity index (χ0) is 20.7. The summed E-state index contributed by atoms with van der Waals surface area (Å²) in [6.45, 7) is 0.105. The summed E-state index contributed by atoms with van der Waals surface area (Å²) < 4.78 is 17.2. The maximum absolute atomic E-state index is 15.0. The van der Waals surface area contributed by atoms with Gasteiger partial charge in [-0.25, -0.2) is 4.39 Å². The van der Waals surface area contributed by atoms with Gasteiger partial charge in [-0.05, 0) is 53.8 Å². The van der Waals surface area contributed by atoms with Gasteiger partial charge in [-0.15, -0.1) is 0 Å². The number of anilines is 1. The molecule has 0 unspecified atom stereocenters. The van der Waals surface area contributed by atoms with Crippen LogP contribution in [0.15, 0.2) is 72.9 Å². The number of benzene rings is 3. The summed E-state index contributed by atoms with van der Waals surface area (Å²) in [6.07, 6.45) is 6.13. The lowest BCUT2D eigenvalue weighted by Gasteiger charge is -2.30. The van der Waals surface area contributed by atoms with Crippen LogP contribution in [-0.4, -0.2) is 16.3 Å². The third kappa shape index (κ3) is 2.99. The molecule has 4 heteroatoms. The SMILES string of the molecule is Nc1cc(-c2ccc(-c3ccccc3)cc2F)cc2ccn(C3(CO)CCCC3)c12. The molecular weight excluding hydrogens is 375 g/mol. The Balaban J connectivity index is 1.58. The number of aromatic nitrogens is 1. The Kier molecular flexibility index (Phi) is 4.59. The van der Waals surface area contributed by atoms with E-state index < -0.39 is 0 Å². The number of hydrogen-bond acceptors (Lipinski definition) is 2. The predicted molar refractivity (Wildman–Crippen MR) is 121 cm³/mol. The molecule has 4 aromatic rings. The highest BCUT2D eigenvalue weighted by molar-refractivity contribution is 5.95. The summed E-state index contributed by atoms with van der Waals surface area (Å²) in [5, 5.41) is 11.1. The summed E-state index contributed by atoms with van der Waals surface area (Å²) in [4.78, 5) is 0. The zero-order valence-corrected chi connectivity index (χ0v) is 16.8. The van der Waals surface area contributed by atoms with Gasteiger partial charge in [0.15, 0.2) is 0 Å². The van der Waals surface area contributed by atoms with Crippen molar-refractivity contribution in [1.82, 2.24) is 4.57 Å². The van der Waals surface area contributed by atoms with E-state index in [2.05, 4.69) is 4.57 Å². The zero-order valence-electron chi connectivity index (χ0n) is 16.8. The average Bonchev–Trinajstić information content (AvgIpc) is 3.42. The Morgan fingerprint density at radius 1 is 0.900 bits per heavy atom. The minimum atomic E-state index is -0.278. The van der Waals surface area contributed by atoms with Gasteiger partial charge in [0.05, 0.1) is 23.3 Å². The number of nitrogen functional groups attached to an aromatic ring is 1. The highest BCUT2D eigenvalue weighted by Gasteiger charge is 2.36. The fraction of sp³-hybridized carbons (Fsp3) is 0.231. The largest absolute Gasteiger partial charge is 0.397 e. The minimum Gasteiger partial charge on any atom is -0.397 e. The molecule has 30 heavy (non-hydrogen) atoms. The fourth-order valence-electron chi connectivity index (χ4n) is 4.93. The van der Waals surface area contributed by atoms with E-state index in [1.165, 1.54) is 0 Å². The van der Waals surface area contributed by atoms with Crippen LogP contribution in [-0.2, 0) is 5.54 Å². The summed E-state index contributed by atoms with van der Waals surface area (Å²) in [6, 6.07) is 21.0. The third-order valence-electron chi connectivity index (χ3n) is 6.54. The molecule has 0 spiro atoms. The van der Waals surface area contributed by atoms with Crippen molar-refractivity contribution >= 4 is 16.6 Å². The topological polar surface area (TPSA) is 51.2 Å². The van der Waals surface area contributed by atoms with Crippen LogP contribution in [0.25, 0.3) is 33.2 Å². The molecular formula is C26H25FN2O. The van der Waals surface area contributed by atoms with Crippen molar-refractivity contribution in [3.05, 3.63) is 78.7 Å². The van der Waals surface area contributed by atoms with Crippen LogP contribution < -0.4 is 5.73 Å². The second-order valence-corrected chi connectivity index (χ2v) is 8.34. The van der Waals surface area contributed by atoms with Gasteiger partial charge in [-0.2, -0.15) is 0 Å². The van der Waals surface area contributed by atoms with Gasteiger partial charge in [0.25, 0.3) is 0 Å². The van der Waals surface area contributed by atoms with E-state index in [0.717, 1.165) is 53.3 Å². The smallest absolute Gasteiger partial charge is 0.131 e. The van der Waals surface area contributed by atoms with E-state index in [1.807, 2.05) is 66.9 Å². The predicted octanol–water partition coefficient (Wildman–Crippen LogP) is 5.96. The molecule has 0 saturated heterocycles. The average molecular weight is 400 g/mol. The van der Waals surface area contributed by atoms with E-state index in [0.29, 0.717) is 11.3 Å². The number of nitrogens with two attached hydrogens (primary N) is 1. The number of aliphatic hydroxyl groups excluding tert-OH is 1. The van der Waals surface area contributed by atoms with Gasteiger partial charge in [0, 0.05) is 17.1 Å². The monoisotopic (exact) mass is 400 g/mol. The maximum atomic E-state index is 15.0. The minimum absolute atomic E-state index is 0.105. The van der Waals surface area contributed by atoms with Crippen LogP contribution in [0.2, 0.25) is 0 Å². The molecule has 1 fully saturated rings. The highest BCUT2D eigenvalue weighted by Crippen LogP contribution is 2.41. The number of hydrogen-bond donors (Lipinski definition) is 2. The first kappa shape index (κ1) is 18.9. The Labute approximate surface area is 175 Å². The van der Waals surface area contributed by atoms with E-state index in [9.17, 15) is 5.11 Å². The van der Waals surface area contributed by atoms with Gasteiger partial charge >= 0.3 is 0 Å². The molecule has 1 aromatic heterocycles. The normalized spacial score (nSPS) is 15.7. The van der Waals surface area contributed by atoms with Crippen LogP contribution in [0.1, 0.15) is 25.7 Å². The number of fused-ring (bicyclic) bond motifs is 1. The molecule has 3 aromatic carbocycles. The Morgan fingerprint density at radius 3 is 2.37 bits per heavy atom. The van der Waals surface area contributed by atoms with Crippen molar-refractivity contribution in [3.63, 3.8) is 0 Å². The quantitative estimate of drug-likeness (QED) is 0.415. The van der Waals surface area contributed by atoms with Crippen molar-refractivity contribution in [2.45, 2.75) is 31.2 Å². The summed E-state index contributed by atoms with van der Waals surface area (Å²) in [7, 11) is 0. The van der Waals surface area contributed by atoms with Crippen molar-refractivity contribution in [2.24, 2.45) is 0 Å². The highest BCUT2D eigenvalue weighted by atomic mass is 19.1. The Hall–Kier alpha value is -3.11. The first-order valence-corrected chi connectivity index (χ1v) is 10.5. The van der Waals surface area contributed by atoms with Gasteiger partial charge in [0.2, 0.25) is 0 Å². The maximum Gasteiger partial charge on any atom is 0.131 e. The molecule has 3 nitrogen and oxygen atoms in total. The molecule has 5 rings (SSSR count). The molecule has 1 saturated carbocycles. The third-order valence-corrected chi connectivity index (χ3v) is 6.54. The molecule has 1 heterocycles. The number of nitrogens with zero attached hydrogens (tertiary/aromatic N) is 1. The van der Waals surface area contributed by atoms with E-state index >= 15 is 4.39 Å². The number of halogens is 1. The first-order chi connectivity index (χ1) is 14.6. The van der Waals surface area contributed by atoms with Crippen LogP contribution in [0, 0.1) is 5.82 Å². The first-order valence-electron chi connectivity index (χ1n) is 10.5. The van der Waals surface area contributed by atoms with E-state index in [1.54, 1.807) is 6.07 Å². The molecule has 0 radical (unpaired) electrons. The van der Waals surface area contributed by atoms with Crippen LogP contribution in [0.3, 0.4) is 0 Å². The van der Waals surface area contributed by atoms with Crippen LogP contribution >= 0.6 is 0 Å². The van der Waals surface area contributed by atoms with Gasteiger partial charge in [0.1, 0.15) is 5.82 Å². The van der Waals surface area contributed by atoms with Gasteiger partial charge in [-0.3, -0.25) is 0 Å². The molecule has 1 aliphatic carbocycles. The standard InChI is InChI=1S/C26H25FN2O/c27-23-15-19(18-6-2-1-3-7-18)8-9-22(23)21-14-20-10-13-29(25(20)24(28)16-21)26(17-30)11-4-5-12-26/h1-3,6-10,13-16,30H,4-5,11-12,17,28H2. The molecule has 0 bridgehead atoms. The number of rotatable bonds is 4. The summed E-state index contributed by atoms with van der Waals surface area (Å²) >= 11 is 0. The lowest BCUT2D eigenvalue weighted by Crippen LogP contribution is -2.33. The molecule has 152 valence electrons. The second-order valence-electron chi connectivity index (χ2n) is 8.34. The van der Waals surface area contributed by atoms with Crippen molar-refractivity contribution in [3.8, 4) is 22.3 Å². The lowest BCUT2D eigenvalue weighted by atomic mass is 9.96. The summed E-state index contributed by atoms with van der Waals surface area (Å²) in [5.41, 5.74) is 10.9. The molecule has 0 aliphatic heterocycles.